The number of furan rings is 1. The molecule has 0 spiro atoms. The van der Waals surface area contributed by atoms with Crippen LogP contribution in [-0.2, 0) is 4.74 Å². The molecule has 94 valence electrons. The number of ether oxygens (including phenoxy) is 1. The van der Waals surface area contributed by atoms with Gasteiger partial charge in [0.1, 0.15) is 0 Å². The minimum absolute atomic E-state index is 0.0150. The summed E-state index contributed by atoms with van der Waals surface area (Å²) in [5.74, 6) is 0.149. The van der Waals surface area contributed by atoms with Crippen molar-refractivity contribution in [3.05, 3.63) is 17.9 Å². The summed E-state index contributed by atoms with van der Waals surface area (Å²) in [6, 6.07) is 3.18. The summed E-state index contributed by atoms with van der Waals surface area (Å²) in [5, 5.41) is 8.77. The van der Waals surface area contributed by atoms with E-state index in [2.05, 4.69) is 0 Å². The zero-order valence-electron chi connectivity index (χ0n) is 9.89. The van der Waals surface area contributed by atoms with Crippen molar-refractivity contribution in [1.82, 2.24) is 0 Å². The number of carbonyl (C=O) groups is 1. The Labute approximate surface area is 100.0 Å². The SMILES string of the molecule is CN(CC1CCOCC1)c1ccc(C(=O)O)o1. The second kappa shape index (κ2) is 5.23. The molecule has 1 aromatic rings. The Balaban J connectivity index is 1.93. The number of anilines is 1. The van der Waals surface area contributed by atoms with Gasteiger partial charge < -0.3 is 19.2 Å². The second-order valence-corrected chi connectivity index (χ2v) is 4.38. The van der Waals surface area contributed by atoms with Crippen LogP contribution in [-0.4, -0.2) is 37.9 Å². The van der Waals surface area contributed by atoms with Gasteiger partial charge in [0.05, 0.1) is 0 Å². The second-order valence-electron chi connectivity index (χ2n) is 4.38. The molecule has 0 aliphatic carbocycles. The third kappa shape index (κ3) is 3.00. The zero-order valence-corrected chi connectivity index (χ0v) is 9.89. The zero-order chi connectivity index (χ0) is 12.3. The average molecular weight is 239 g/mol. The summed E-state index contributed by atoms with van der Waals surface area (Å²) < 4.78 is 10.5. The number of carboxylic acid groups (broad SMARTS) is 1. The smallest absolute Gasteiger partial charge is 0.371 e. The van der Waals surface area contributed by atoms with E-state index in [9.17, 15) is 4.79 Å². The highest BCUT2D eigenvalue weighted by atomic mass is 16.5. The van der Waals surface area contributed by atoms with E-state index in [1.807, 2.05) is 11.9 Å². The Kier molecular flexibility index (Phi) is 3.68. The summed E-state index contributed by atoms with van der Waals surface area (Å²) in [6.45, 7) is 2.50. The summed E-state index contributed by atoms with van der Waals surface area (Å²) in [6.07, 6.45) is 2.10. The van der Waals surface area contributed by atoms with Crippen LogP contribution in [0.15, 0.2) is 16.5 Å². The lowest BCUT2D eigenvalue weighted by Gasteiger charge is -2.26. The minimum Gasteiger partial charge on any atom is -0.475 e. The van der Waals surface area contributed by atoms with E-state index in [-0.39, 0.29) is 5.76 Å². The van der Waals surface area contributed by atoms with E-state index in [4.69, 9.17) is 14.3 Å². The molecule has 1 aliphatic rings. The van der Waals surface area contributed by atoms with Crippen molar-refractivity contribution in [2.45, 2.75) is 12.8 Å². The van der Waals surface area contributed by atoms with Crippen LogP contribution in [0.3, 0.4) is 0 Å². The Morgan fingerprint density at radius 3 is 2.76 bits per heavy atom. The number of rotatable bonds is 4. The lowest BCUT2D eigenvalue weighted by atomic mass is 10.00. The first kappa shape index (κ1) is 12.0. The van der Waals surface area contributed by atoms with E-state index in [1.165, 1.54) is 6.07 Å². The van der Waals surface area contributed by atoms with Crippen molar-refractivity contribution >= 4 is 11.9 Å². The Hall–Kier alpha value is -1.49. The fraction of sp³-hybridized carbons (Fsp3) is 0.583. The van der Waals surface area contributed by atoms with Crippen LogP contribution in [0, 0.1) is 5.92 Å². The monoisotopic (exact) mass is 239 g/mol. The summed E-state index contributed by atoms with van der Waals surface area (Å²) in [7, 11) is 1.92. The fourth-order valence-corrected chi connectivity index (χ4v) is 2.05. The number of aromatic carboxylic acids is 1. The van der Waals surface area contributed by atoms with E-state index in [1.54, 1.807) is 6.07 Å². The quantitative estimate of drug-likeness (QED) is 0.868. The van der Waals surface area contributed by atoms with Crippen molar-refractivity contribution in [3.63, 3.8) is 0 Å². The molecule has 1 aromatic heterocycles. The predicted molar refractivity (Wildman–Crippen MR) is 62.5 cm³/mol. The first-order chi connectivity index (χ1) is 8.16. The molecule has 0 unspecified atom stereocenters. The third-order valence-electron chi connectivity index (χ3n) is 3.05. The molecule has 1 aliphatic heterocycles. The first-order valence-electron chi connectivity index (χ1n) is 5.79. The van der Waals surface area contributed by atoms with Crippen LogP contribution in [0.2, 0.25) is 0 Å². The maximum Gasteiger partial charge on any atom is 0.371 e. The lowest BCUT2D eigenvalue weighted by molar-refractivity contribution is 0.0661. The van der Waals surface area contributed by atoms with Crippen molar-refractivity contribution in [2.75, 3.05) is 31.7 Å². The molecule has 0 amide bonds. The molecular formula is C12H17NO4. The average Bonchev–Trinajstić information content (AvgIpc) is 2.79. The van der Waals surface area contributed by atoms with Gasteiger partial charge in [-0.15, -0.1) is 0 Å². The molecule has 0 aromatic carbocycles. The summed E-state index contributed by atoms with van der Waals surface area (Å²) in [4.78, 5) is 12.7. The minimum atomic E-state index is -1.03. The van der Waals surface area contributed by atoms with E-state index in [0.29, 0.717) is 11.8 Å². The molecule has 0 bridgehead atoms. The maximum atomic E-state index is 10.7. The van der Waals surface area contributed by atoms with E-state index >= 15 is 0 Å². The third-order valence-corrected chi connectivity index (χ3v) is 3.05. The van der Waals surface area contributed by atoms with Crippen molar-refractivity contribution in [2.24, 2.45) is 5.92 Å². The van der Waals surface area contributed by atoms with Crippen LogP contribution < -0.4 is 4.90 Å². The molecule has 0 radical (unpaired) electrons. The molecule has 17 heavy (non-hydrogen) atoms. The van der Waals surface area contributed by atoms with Crippen LogP contribution in [0.1, 0.15) is 23.4 Å². The van der Waals surface area contributed by atoms with Gasteiger partial charge in [0.2, 0.25) is 5.76 Å². The Morgan fingerprint density at radius 2 is 2.18 bits per heavy atom. The molecule has 1 fully saturated rings. The van der Waals surface area contributed by atoms with Crippen LogP contribution >= 0.6 is 0 Å². The molecule has 2 heterocycles. The topological polar surface area (TPSA) is 62.9 Å². The highest BCUT2D eigenvalue weighted by molar-refractivity contribution is 5.84. The number of carboxylic acids is 1. The summed E-state index contributed by atoms with van der Waals surface area (Å²) in [5.41, 5.74) is 0. The molecular weight excluding hydrogens is 222 g/mol. The molecule has 2 rings (SSSR count). The van der Waals surface area contributed by atoms with E-state index < -0.39 is 5.97 Å². The van der Waals surface area contributed by atoms with E-state index in [0.717, 1.165) is 32.6 Å². The number of hydrogen-bond acceptors (Lipinski definition) is 4. The summed E-state index contributed by atoms with van der Waals surface area (Å²) >= 11 is 0. The van der Waals surface area contributed by atoms with Gasteiger partial charge in [-0.25, -0.2) is 4.79 Å². The van der Waals surface area contributed by atoms with Gasteiger partial charge in [-0.2, -0.15) is 0 Å². The molecule has 5 heteroatoms. The van der Waals surface area contributed by atoms with Crippen LogP contribution in [0.5, 0.6) is 0 Å². The van der Waals surface area contributed by atoms with Gasteiger partial charge in [0, 0.05) is 32.9 Å². The number of hydrogen-bond donors (Lipinski definition) is 1. The van der Waals surface area contributed by atoms with Gasteiger partial charge in [-0.1, -0.05) is 0 Å². The van der Waals surface area contributed by atoms with Crippen molar-refractivity contribution in [3.8, 4) is 0 Å². The Morgan fingerprint density at radius 1 is 1.47 bits per heavy atom. The Bertz CT molecular complexity index is 382. The maximum absolute atomic E-state index is 10.7. The highest BCUT2D eigenvalue weighted by Crippen LogP contribution is 2.21. The van der Waals surface area contributed by atoms with Gasteiger partial charge in [-0.3, -0.25) is 0 Å². The van der Waals surface area contributed by atoms with Crippen LogP contribution in [0.4, 0.5) is 5.88 Å². The number of nitrogens with zero attached hydrogens (tertiary/aromatic N) is 1. The molecule has 0 saturated carbocycles. The largest absolute Gasteiger partial charge is 0.475 e. The standard InChI is InChI=1S/C12H17NO4/c1-13(8-9-4-6-16-7-5-9)11-3-2-10(17-11)12(14)15/h2-3,9H,4-8H2,1H3,(H,14,15). The molecule has 0 atom stereocenters. The van der Waals surface area contributed by atoms with Crippen LogP contribution in [0.25, 0.3) is 0 Å². The highest BCUT2D eigenvalue weighted by Gasteiger charge is 2.18. The lowest BCUT2D eigenvalue weighted by Crippen LogP contribution is -2.29. The van der Waals surface area contributed by atoms with Crippen molar-refractivity contribution in [1.29, 1.82) is 0 Å². The van der Waals surface area contributed by atoms with Gasteiger partial charge in [-0.05, 0) is 24.8 Å². The first-order valence-corrected chi connectivity index (χ1v) is 5.79. The van der Waals surface area contributed by atoms with Crippen molar-refractivity contribution < 1.29 is 19.1 Å². The molecule has 5 nitrogen and oxygen atoms in total. The molecule has 1 saturated heterocycles. The normalized spacial score (nSPS) is 17.0. The van der Waals surface area contributed by atoms with Gasteiger partial charge >= 0.3 is 5.97 Å². The van der Waals surface area contributed by atoms with Gasteiger partial charge in [0.25, 0.3) is 0 Å². The fourth-order valence-electron chi connectivity index (χ4n) is 2.05. The van der Waals surface area contributed by atoms with Gasteiger partial charge in [0.15, 0.2) is 5.88 Å². The molecule has 1 N–H and O–H groups in total. The predicted octanol–water partition coefficient (Wildman–Crippen LogP) is 1.84.